The van der Waals surface area contributed by atoms with Gasteiger partial charge in [-0.2, -0.15) is 0 Å². The first-order valence-corrected chi connectivity index (χ1v) is 12.0. The smallest absolute Gasteiger partial charge is 0.211 e. The normalized spacial score (nSPS) is 22.5. The van der Waals surface area contributed by atoms with E-state index in [1.165, 1.54) is 28.5 Å². The number of hydrogen-bond acceptors (Lipinski definition) is 6. The van der Waals surface area contributed by atoms with Crippen LogP contribution in [0.15, 0.2) is 0 Å². The van der Waals surface area contributed by atoms with Crippen LogP contribution in [0.5, 0.6) is 0 Å². The highest BCUT2D eigenvalue weighted by Crippen LogP contribution is 2.40. The van der Waals surface area contributed by atoms with Gasteiger partial charge in [-0.05, 0) is 50.5 Å². The number of thiophene rings is 1. The predicted molar refractivity (Wildman–Crippen MR) is 106 cm³/mol. The van der Waals surface area contributed by atoms with Crippen LogP contribution in [0.25, 0.3) is 10.2 Å². The maximum Gasteiger partial charge on any atom is 0.211 e. The van der Waals surface area contributed by atoms with Gasteiger partial charge in [0.25, 0.3) is 0 Å². The molecule has 6 nitrogen and oxygen atoms in total. The fourth-order valence-corrected chi connectivity index (χ4v) is 6.38. The van der Waals surface area contributed by atoms with Gasteiger partial charge in [-0.25, -0.2) is 22.7 Å². The molecule has 0 spiro atoms. The van der Waals surface area contributed by atoms with Crippen LogP contribution in [0.4, 0.5) is 5.82 Å². The highest BCUT2D eigenvalue weighted by molar-refractivity contribution is 7.88. The standard InChI is InChI=1S/C18H26N4O2S2/c1-11-4-5-14-15(10-11)25-18-16(14)17(19-12(2)20-18)21-13-6-8-22(9-7-13)26(3,23)24/h11,13H,4-10H2,1-3H3,(H,19,20,21)/t11-/m1/s1. The molecule has 1 atom stereocenters. The van der Waals surface area contributed by atoms with E-state index in [9.17, 15) is 8.42 Å². The largest absolute Gasteiger partial charge is 0.367 e. The molecular formula is C18H26N4O2S2. The lowest BCUT2D eigenvalue weighted by molar-refractivity contribution is 0.331. The summed E-state index contributed by atoms with van der Waals surface area (Å²) in [5, 5.41) is 4.82. The van der Waals surface area contributed by atoms with Crippen molar-refractivity contribution in [3.8, 4) is 0 Å². The van der Waals surface area contributed by atoms with Crippen LogP contribution in [0, 0.1) is 12.8 Å². The molecule has 4 rings (SSSR count). The fourth-order valence-electron chi connectivity index (χ4n) is 4.08. The molecule has 1 aliphatic carbocycles. The molecule has 1 saturated heterocycles. The zero-order valence-corrected chi connectivity index (χ0v) is 17.2. The van der Waals surface area contributed by atoms with Crippen molar-refractivity contribution in [2.24, 2.45) is 5.92 Å². The average molecular weight is 395 g/mol. The minimum Gasteiger partial charge on any atom is -0.367 e. The zero-order valence-electron chi connectivity index (χ0n) is 15.6. The molecule has 0 radical (unpaired) electrons. The molecule has 2 aliphatic rings. The van der Waals surface area contributed by atoms with Crippen LogP contribution >= 0.6 is 11.3 Å². The molecule has 26 heavy (non-hydrogen) atoms. The number of aryl methyl sites for hydroxylation is 2. The summed E-state index contributed by atoms with van der Waals surface area (Å²) in [7, 11) is -3.09. The molecule has 1 fully saturated rings. The first-order valence-electron chi connectivity index (χ1n) is 9.32. The minimum absolute atomic E-state index is 0.253. The van der Waals surface area contributed by atoms with Gasteiger partial charge in [0.05, 0.1) is 11.6 Å². The molecule has 0 saturated carbocycles. The molecule has 1 aliphatic heterocycles. The summed E-state index contributed by atoms with van der Waals surface area (Å²) in [4.78, 5) is 12.0. The molecular weight excluding hydrogens is 368 g/mol. The lowest BCUT2D eigenvalue weighted by Crippen LogP contribution is -2.42. The number of nitrogens with one attached hydrogen (secondary N) is 1. The molecule has 0 unspecified atom stereocenters. The van der Waals surface area contributed by atoms with E-state index in [2.05, 4.69) is 17.2 Å². The number of nitrogens with zero attached hydrogens (tertiary/aromatic N) is 3. The third-order valence-electron chi connectivity index (χ3n) is 5.53. The highest BCUT2D eigenvalue weighted by atomic mass is 32.2. The maximum absolute atomic E-state index is 11.7. The van der Waals surface area contributed by atoms with Crippen molar-refractivity contribution >= 4 is 37.4 Å². The average Bonchev–Trinajstić information content (AvgIpc) is 2.91. The van der Waals surface area contributed by atoms with Crippen molar-refractivity contribution in [1.29, 1.82) is 0 Å². The Morgan fingerprint density at radius 2 is 1.92 bits per heavy atom. The second-order valence-corrected chi connectivity index (χ2v) is 10.8. The number of rotatable bonds is 3. The van der Waals surface area contributed by atoms with Crippen LogP contribution in [0.1, 0.15) is 42.5 Å². The molecule has 8 heteroatoms. The summed E-state index contributed by atoms with van der Waals surface area (Å²) < 4.78 is 25.0. The van der Waals surface area contributed by atoms with E-state index in [0.717, 1.165) is 48.1 Å². The number of sulfonamides is 1. The van der Waals surface area contributed by atoms with Crippen molar-refractivity contribution in [2.75, 3.05) is 24.7 Å². The van der Waals surface area contributed by atoms with Gasteiger partial charge in [0.15, 0.2) is 0 Å². The summed E-state index contributed by atoms with van der Waals surface area (Å²) in [6, 6.07) is 0.253. The quantitative estimate of drug-likeness (QED) is 0.866. The molecule has 0 aromatic carbocycles. The first kappa shape index (κ1) is 18.1. The van der Waals surface area contributed by atoms with E-state index in [1.54, 1.807) is 4.31 Å². The summed E-state index contributed by atoms with van der Waals surface area (Å²) in [5.41, 5.74) is 1.43. The molecule has 0 amide bonds. The summed E-state index contributed by atoms with van der Waals surface area (Å²) >= 11 is 1.82. The third-order valence-corrected chi connectivity index (χ3v) is 7.98. The lowest BCUT2D eigenvalue weighted by Gasteiger charge is -2.31. The Hall–Kier alpha value is -1.25. The van der Waals surface area contributed by atoms with Crippen molar-refractivity contribution in [2.45, 2.75) is 52.0 Å². The van der Waals surface area contributed by atoms with Crippen molar-refractivity contribution in [3.05, 3.63) is 16.3 Å². The number of aromatic nitrogens is 2. The lowest BCUT2D eigenvalue weighted by atomic mass is 9.89. The topological polar surface area (TPSA) is 75.2 Å². The van der Waals surface area contributed by atoms with Crippen LogP contribution in [0.3, 0.4) is 0 Å². The highest BCUT2D eigenvalue weighted by Gasteiger charge is 2.27. The Kier molecular flexibility index (Phi) is 4.69. The van der Waals surface area contributed by atoms with E-state index in [1.807, 2.05) is 18.3 Å². The molecule has 0 bridgehead atoms. The number of hydrogen-bond donors (Lipinski definition) is 1. The van der Waals surface area contributed by atoms with Crippen molar-refractivity contribution < 1.29 is 8.42 Å². The van der Waals surface area contributed by atoms with Crippen molar-refractivity contribution in [3.63, 3.8) is 0 Å². The first-order chi connectivity index (χ1) is 12.3. The van der Waals surface area contributed by atoms with Crippen LogP contribution in [0.2, 0.25) is 0 Å². The van der Waals surface area contributed by atoms with E-state index in [-0.39, 0.29) is 6.04 Å². The van der Waals surface area contributed by atoms with Gasteiger partial charge < -0.3 is 5.32 Å². The monoisotopic (exact) mass is 394 g/mol. The zero-order chi connectivity index (χ0) is 18.5. The third kappa shape index (κ3) is 3.46. The van der Waals surface area contributed by atoms with Gasteiger partial charge in [-0.15, -0.1) is 11.3 Å². The Bertz CT molecular complexity index is 930. The second kappa shape index (κ2) is 6.73. The van der Waals surface area contributed by atoms with Gasteiger partial charge in [-0.1, -0.05) is 6.92 Å². The number of anilines is 1. The number of fused-ring (bicyclic) bond motifs is 3. The van der Waals surface area contributed by atoms with E-state index >= 15 is 0 Å². The Morgan fingerprint density at radius 1 is 1.19 bits per heavy atom. The Morgan fingerprint density at radius 3 is 2.62 bits per heavy atom. The summed E-state index contributed by atoms with van der Waals surface area (Å²) in [6.45, 7) is 5.41. The molecule has 2 aromatic rings. The molecule has 142 valence electrons. The molecule has 2 aromatic heterocycles. The molecule has 1 N–H and O–H groups in total. The van der Waals surface area contributed by atoms with Gasteiger partial charge in [-0.3, -0.25) is 0 Å². The minimum atomic E-state index is -3.09. The second-order valence-electron chi connectivity index (χ2n) is 7.73. The van der Waals surface area contributed by atoms with E-state index in [0.29, 0.717) is 13.1 Å². The van der Waals surface area contributed by atoms with Crippen LogP contribution in [-0.4, -0.2) is 48.1 Å². The van der Waals surface area contributed by atoms with Gasteiger partial charge >= 0.3 is 0 Å². The van der Waals surface area contributed by atoms with Gasteiger partial charge in [0, 0.05) is 24.0 Å². The van der Waals surface area contributed by atoms with Gasteiger partial charge in [0.1, 0.15) is 16.5 Å². The van der Waals surface area contributed by atoms with E-state index < -0.39 is 10.0 Å². The van der Waals surface area contributed by atoms with Crippen LogP contribution < -0.4 is 5.32 Å². The Labute approximate surface area is 159 Å². The summed E-state index contributed by atoms with van der Waals surface area (Å²) in [6.07, 6.45) is 6.36. The SMILES string of the molecule is Cc1nc(NC2CCN(S(C)(=O)=O)CC2)c2c3c(sc2n1)C[C@H](C)CC3. The summed E-state index contributed by atoms with van der Waals surface area (Å²) in [5.74, 6) is 2.47. The molecule has 3 heterocycles. The van der Waals surface area contributed by atoms with E-state index in [4.69, 9.17) is 4.98 Å². The maximum atomic E-state index is 11.7. The predicted octanol–water partition coefficient (Wildman–Crippen LogP) is 2.96. The fraction of sp³-hybridized carbons (Fsp3) is 0.667. The van der Waals surface area contributed by atoms with Crippen LogP contribution in [-0.2, 0) is 22.9 Å². The Balaban J connectivity index is 1.61. The number of piperidine rings is 1. The van der Waals surface area contributed by atoms with Gasteiger partial charge in [0.2, 0.25) is 10.0 Å². The van der Waals surface area contributed by atoms with Crippen molar-refractivity contribution in [1.82, 2.24) is 14.3 Å².